The quantitative estimate of drug-likeness (QED) is 0.636. The summed E-state index contributed by atoms with van der Waals surface area (Å²) in [7, 11) is -1.32. The van der Waals surface area contributed by atoms with E-state index >= 15 is 0 Å². The molecule has 7 nitrogen and oxygen atoms in total. The maximum atomic E-state index is 11.8. The lowest BCUT2D eigenvalue weighted by Crippen LogP contribution is -2.45. The highest BCUT2D eigenvalue weighted by atomic mass is 32.2. The SMILES string of the molecule is CC[C@@H](C)NC(=O)CN(C)CC(=O)N[C@H]1CCS(=O)(=O)C1. The van der Waals surface area contributed by atoms with Crippen LogP contribution in [0.5, 0.6) is 0 Å². The number of amides is 2. The number of nitrogens with zero attached hydrogens (tertiary/aromatic N) is 1. The summed E-state index contributed by atoms with van der Waals surface area (Å²) < 4.78 is 22.6. The lowest BCUT2D eigenvalue weighted by molar-refractivity contribution is -0.125. The summed E-state index contributed by atoms with van der Waals surface area (Å²) in [5.74, 6) is -0.235. The van der Waals surface area contributed by atoms with Crippen molar-refractivity contribution < 1.29 is 18.0 Å². The van der Waals surface area contributed by atoms with Crippen LogP contribution in [0.1, 0.15) is 26.7 Å². The molecule has 2 N–H and O–H groups in total. The fourth-order valence-corrected chi connectivity index (χ4v) is 3.82. The van der Waals surface area contributed by atoms with E-state index in [0.717, 1.165) is 6.42 Å². The molecule has 0 aromatic rings. The van der Waals surface area contributed by atoms with Gasteiger partial charge in [-0.2, -0.15) is 0 Å². The molecule has 2 atom stereocenters. The third-order valence-electron chi connectivity index (χ3n) is 3.44. The molecule has 1 aliphatic rings. The van der Waals surface area contributed by atoms with Gasteiger partial charge in [-0.1, -0.05) is 6.92 Å². The minimum absolute atomic E-state index is 0.0109. The second kappa shape index (κ2) is 7.74. The molecule has 1 heterocycles. The summed E-state index contributed by atoms with van der Waals surface area (Å²) in [5.41, 5.74) is 0. The lowest BCUT2D eigenvalue weighted by atomic mass is 10.2. The van der Waals surface area contributed by atoms with E-state index in [0.29, 0.717) is 6.42 Å². The molecule has 0 saturated carbocycles. The Morgan fingerprint density at radius 1 is 1.29 bits per heavy atom. The van der Waals surface area contributed by atoms with Crippen LogP contribution in [0.15, 0.2) is 0 Å². The van der Waals surface area contributed by atoms with Gasteiger partial charge in [-0.15, -0.1) is 0 Å². The van der Waals surface area contributed by atoms with E-state index in [2.05, 4.69) is 10.6 Å². The molecular weight excluding hydrogens is 294 g/mol. The van der Waals surface area contributed by atoms with Gasteiger partial charge in [0.05, 0.1) is 24.6 Å². The molecule has 21 heavy (non-hydrogen) atoms. The van der Waals surface area contributed by atoms with Crippen LogP contribution in [0, 0.1) is 0 Å². The Kier molecular flexibility index (Phi) is 6.60. The van der Waals surface area contributed by atoms with E-state index in [1.807, 2.05) is 13.8 Å². The Morgan fingerprint density at radius 2 is 1.90 bits per heavy atom. The van der Waals surface area contributed by atoms with Gasteiger partial charge in [-0.3, -0.25) is 14.5 Å². The van der Waals surface area contributed by atoms with E-state index in [1.165, 1.54) is 0 Å². The number of carbonyl (C=O) groups excluding carboxylic acids is 2. The van der Waals surface area contributed by atoms with Gasteiger partial charge >= 0.3 is 0 Å². The second-order valence-electron chi connectivity index (χ2n) is 5.72. The zero-order valence-corrected chi connectivity index (χ0v) is 13.7. The van der Waals surface area contributed by atoms with Gasteiger partial charge in [0, 0.05) is 12.1 Å². The first-order chi connectivity index (χ1) is 9.71. The molecule has 0 radical (unpaired) electrons. The number of sulfone groups is 1. The Balaban J connectivity index is 2.29. The van der Waals surface area contributed by atoms with E-state index < -0.39 is 9.84 Å². The molecule has 0 bridgehead atoms. The summed E-state index contributed by atoms with van der Waals surface area (Å²) in [6.07, 6.45) is 1.32. The molecule has 0 aliphatic carbocycles. The fraction of sp³-hybridized carbons (Fsp3) is 0.846. The van der Waals surface area contributed by atoms with Crippen molar-refractivity contribution in [3.8, 4) is 0 Å². The molecule has 8 heteroatoms. The molecule has 1 aliphatic heterocycles. The molecule has 1 saturated heterocycles. The monoisotopic (exact) mass is 319 g/mol. The number of hydrogen-bond donors (Lipinski definition) is 2. The number of carbonyl (C=O) groups is 2. The number of hydrogen-bond acceptors (Lipinski definition) is 5. The Morgan fingerprint density at radius 3 is 2.43 bits per heavy atom. The highest BCUT2D eigenvalue weighted by Gasteiger charge is 2.29. The molecule has 0 unspecified atom stereocenters. The smallest absolute Gasteiger partial charge is 0.234 e. The molecule has 0 spiro atoms. The van der Waals surface area contributed by atoms with Gasteiger partial charge in [0.25, 0.3) is 0 Å². The lowest BCUT2D eigenvalue weighted by Gasteiger charge is -2.19. The zero-order chi connectivity index (χ0) is 16.0. The summed E-state index contributed by atoms with van der Waals surface area (Å²) in [4.78, 5) is 25.1. The first-order valence-electron chi connectivity index (χ1n) is 7.19. The van der Waals surface area contributed by atoms with Crippen molar-refractivity contribution in [2.45, 2.75) is 38.8 Å². The highest BCUT2D eigenvalue weighted by molar-refractivity contribution is 7.91. The third kappa shape index (κ3) is 6.90. The normalized spacial score (nSPS) is 22.0. The maximum Gasteiger partial charge on any atom is 0.234 e. The third-order valence-corrected chi connectivity index (χ3v) is 5.21. The Bertz CT molecular complexity index is 478. The van der Waals surface area contributed by atoms with Crippen molar-refractivity contribution in [1.29, 1.82) is 0 Å². The van der Waals surface area contributed by atoms with Crippen molar-refractivity contribution in [3.63, 3.8) is 0 Å². The Hall–Kier alpha value is -1.15. The molecule has 1 fully saturated rings. The van der Waals surface area contributed by atoms with Crippen LogP contribution >= 0.6 is 0 Å². The summed E-state index contributed by atoms with van der Waals surface area (Å²) in [6, 6.07) is -0.187. The van der Waals surface area contributed by atoms with Gasteiger partial charge in [0.2, 0.25) is 11.8 Å². The van der Waals surface area contributed by atoms with Crippen molar-refractivity contribution in [3.05, 3.63) is 0 Å². The number of nitrogens with one attached hydrogen (secondary N) is 2. The summed E-state index contributed by atoms with van der Waals surface area (Å²) in [6.45, 7) is 4.12. The minimum atomic E-state index is -3.00. The van der Waals surface area contributed by atoms with Crippen LogP contribution in [-0.2, 0) is 19.4 Å². The van der Waals surface area contributed by atoms with E-state index in [-0.39, 0.29) is 48.5 Å². The average Bonchev–Trinajstić information content (AvgIpc) is 2.67. The van der Waals surface area contributed by atoms with Gasteiger partial charge in [-0.25, -0.2) is 8.42 Å². The highest BCUT2D eigenvalue weighted by Crippen LogP contribution is 2.10. The van der Waals surface area contributed by atoms with Gasteiger partial charge in [-0.05, 0) is 26.8 Å². The summed E-state index contributed by atoms with van der Waals surface area (Å²) >= 11 is 0. The predicted octanol–water partition coefficient (Wildman–Crippen LogP) is -0.864. The van der Waals surface area contributed by atoms with Crippen molar-refractivity contribution >= 4 is 21.7 Å². The molecule has 1 rings (SSSR count). The van der Waals surface area contributed by atoms with Crippen molar-refractivity contribution in [2.75, 3.05) is 31.6 Å². The summed E-state index contributed by atoms with van der Waals surface area (Å²) in [5, 5.41) is 5.53. The van der Waals surface area contributed by atoms with Crippen LogP contribution in [0.2, 0.25) is 0 Å². The van der Waals surface area contributed by atoms with E-state index in [4.69, 9.17) is 0 Å². The van der Waals surface area contributed by atoms with Crippen LogP contribution in [0.25, 0.3) is 0 Å². The zero-order valence-electron chi connectivity index (χ0n) is 12.9. The van der Waals surface area contributed by atoms with Gasteiger partial charge in [0.15, 0.2) is 9.84 Å². The fourth-order valence-electron chi connectivity index (χ4n) is 2.15. The number of likely N-dealkylation sites (N-methyl/N-ethyl adjacent to an activating group) is 1. The largest absolute Gasteiger partial charge is 0.353 e. The van der Waals surface area contributed by atoms with Crippen LogP contribution in [0.4, 0.5) is 0 Å². The van der Waals surface area contributed by atoms with Gasteiger partial charge < -0.3 is 10.6 Å². The maximum absolute atomic E-state index is 11.8. The average molecular weight is 319 g/mol. The molecule has 122 valence electrons. The molecule has 0 aromatic heterocycles. The van der Waals surface area contributed by atoms with Crippen LogP contribution in [-0.4, -0.2) is 68.9 Å². The molecule has 0 aromatic carbocycles. The minimum Gasteiger partial charge on any atom is -0.353 e. The van der Waals surface area contributed by atoms with Crippen LogP contribution in [0.3, 0.4) is 0 Å². The Labute approximate surface area is 126 Å². The first-order valence-corrected chi connectivity index (χ1v) is 9.01. The predicted molar refractivity (Wildman–Crippen MR) is 80.6 cm³/mol. The van der Waals surface area contributed by atoms with Crippen molar-refractivity contribution in [1.82, 2.24) is 15.5 Å². The van der Waals surface area contributed by atoms with E-state index in [1.54, 1.807) is 11.9 Å². The number of rotatable bonds is 7. The first kappa shape index (κ1) is 17.9. The van der Waals surface area contributed by atoms with Crippen LogP contribution < -0.4 is 10.6 Å². The molecule has 2 amide bonds. The van der Waals surface area contributed by atoms with E-state index in [9.17, 15) is 18.0 Å². The topological polar surface area (TPSA) is 95.6 Å². The van der Waals surface area contributed by atoms with Crippen molar-refractivity contribution in [2.24, 2.45) is 0 Å². The van der Waals surface area contributed by atoms with Gasteiger partial charge in [0.1, 0.15) is 0 Å². The standard InChI is InChI=1S/C13H25N3O4S/c1-4-10(2)14-12(17)7-16(3)8-13(18)15-11-5-6-21(19,20)9-11/h10-11H,4-9H2,1-3H3,(H,14,17)(H,15,18)/t10-,11+/m1/s1. The molecular formula is C13H25N3O4S. The second-order valence-corrected chi connectivity index (χ2v) is 7.95.